The fourth-order valence-corrected chi connectivity index (χ4v) is 3.67. The first-order valence-corrected chi connectivity index (χ1v) is 10.3. The molecule has 0 bridgehead atoms. The number of guanidine groups is 1. The molecule has 0 amide bonds. The molecule has 27 heavy (non-hydrogen) atoms. The molecule has 0 aliphatic carbocycles. The number of hydrogen-bond acceptors (Lipinski definition) is 3. The normalized spacial score (nSPS) is 12.9. The van der Waals surface area contributed by atoms with Crippen molar-refractivity contribution in [3.63, 3.8) is 0 Å². The van der Waals surface area contributed by atoms with Gasteiger partial charge in [-0.05, 0) is 31.2 Å². The van der Waals surface area contributed by atoms with E-state index >= 15 is 0 Å². The van der Waals surface area contributed by atoms with Crippen LogP contribution in [0.1, 0.15) is 19.5 Å². The van der Waals surface area contributed by atoms with Crippen molar-refractivity contribution >= 4 is 23.4 Å². The zero-order chi connectivity index (χ0) is 18.9. The molecule has 0 spiro atoms. The topological polar surface area (TPSA) is 53.7 Å². The van der Waals surface area contributed by atoms with Crippen molar-refractivity contribution in [3.8, 4) is 0 Å². The van der Waals surface area contributed by atoms with Crippen LogP contribution in [0.5, 0.6) is 0 Å². The lowest BCUT2D eigenvalue weighted by atomic mass is 10.3. The maximum absolute atomic E-state index is 4.73. The molecule has 2 aromatic heterocycles. The summed E-state index contributed by atoms with van der Waals surface area (Å²) in [7, 11) is 0. The van der Waals surface area contributed by atoms with E-state index in [9.17, 15) is 0 Å². The van der Waals surface area contributed by atoms with Crippen molar-refractivity contribution in [1.82, 2.24) is 20.0 Å². The van der Waals surface area contributed by atoms with E-state index < -0.39 is 0 Å². The van der Waals surface area contributed by atoms with Crippen LogP contribution in [0, 0.1) is 0 Å². The molecule has 6 heteroatoms. The van der Waals surface area contributed by atoms with E-state index in [0.717, 1.165) is 43.4 Å². The Hall–Kier alpha value is -2.47. The highest BCUT2D eigenvalue weighted by Crippen LogP contribution is 2.22. The Labute approximate surface area is 165 Å². The molecule has 1 unspecified atom stereocenters. The lowest BCUT2D eigenvalue weighted by molar-refractivity contribution is 0.788. The predicted molar refractivity (Wildman–Crippen MR) is 115 cm³/mol. The van der Waals surface area contributed by atoms with Crippen LogP contribution in [0.4, 0.5) is 0 Å². The highest BCUT2D eigenvalue weighted by Gasteiger charge is 2.05. The number of nitrogens with zero attached hydrogens (tertiary/aromatic N) is 3. The van der Waals surface area contributed by atoms with Gasteiger partial charge >= 0.3 is 0 Å². The van der Waals surface area contributed by atoms with Crippen molar-refractivity contribution < 1.29 is 0 Å². The van der Waals surface area contributed by atoms with Crippen molar-refractivity contribution in [2.24, 2.45) is 4.99 Å². The SMILES string of the molecule is CCNC(=NCC(C)Sc1ccccc1)NCCc1cn2ccccc2n1. The summed E-state index contributed by atoms with van der Waals surface area (Å²) >= 11 is 1.85. The fourth-order valence-electron chi connectivity index (χ4n) is 2.75. The van der Waals surface area contributed by atoms with Gasteiger partial charge in [-0.2, -0.15) is 0 Å². The Morgan fingerprint density at radius 3 is 2.74 bits per heavy atom. The second-order valence-corrected chi connectivity index (χ2v) is 7.85. The molecular weight excluding hydrogens is 354 g/mol. The van der Waals surface area contributed by atoms with Gasteiger partial charge in [-0.3, -0.25) is 4.99 Å². The number of benzene rings is 1. The van der Waals surface area contributed by atoms with Crippen molar-refractivity contribution in [3.05, 3.63) is 66.6 Å². The Kier molecular flexibility index (Phi) is 7.16. The highest BCUT2D eigenvalue weighted by molar-refractivity contribution is 8.00. The standard InChI is InChI=1S/C21H27N5S/c1-3-22-21(24-15-17(2)27-19-9-5-4-6-10-19)23-13-12-18-16-26-14-8-7-11-20(26)25-18/h4-11,14,16-17H,3,12-13,15H2,1-2H3,(H2,22,23,24). The highest BCUT2D eigenvalue weighted by atomic mass is 32.2. The maximum atomic E-state index is 4.73. The molecule has 1 aromatic carbocycles. The second-order valence-electron chi connectivity index (χ2n) is 6.34. The third-order valence-corrected chi connectivity index (χ3v) is 5.11. The lowest BCUT2D eigenvalue weighted by Crippen LogP contribution is -2.38. The van der Waals surface area contributed by atoms with E-state index in [0.29, 0.717) is 5.25 Å². The van der Waals surface area contributed by atoms with Gasteiger partial charge in [0.25, 0.3) is 0 Å². The van der Waals surface area contributed by atoms with Gasteiger partial charge in [0.05, 0.1) is 12.2 Å². The first kappa shape index (κ1) is 19.3. The number of fused-ring (bicyclic) bond motifs is 1. The third-order valence-electron chi connectivity index (χ3n) is 4.02. The summed E-state index contributed by atoms with van der Waals surface area (Å²) in [5, 5.41) is 7.15. The van der Waals surface area contributed by atoms with Crippen molar-refractivity contribution in [2.75, 3.05) is 19.6 Å². The zero-order valence-corrected chi connectivity index (χ0v) is 16.7. The molecule has 0 saturated heterocycles. The van der Waals surface area contributed by atoms with E-state index in [2.05, 4.69) is 64.3 Å². The molecule has 0 fully saturated rings. The van der Waals surface area contributed by atoms with Gasteiger partial charge in [0.15, 0.2) is 5.96 Å². The van der Waals surface area contributed by atoms with E-state index in [-0.39, 0.29) is 0 Å². The van der Waals surface area contributed by atoms with Gasteiger partial charge in [-0.1, -0.05) is 31.2 Å². The van der Waals surface area contributed by atoms with E-state index in [1.54, 1.807) is 0 Å². The molecule has 2 heterocycles. The number of rotatable bonds is 8. The largest absolute Gasteiger partial charge is 0.357 e. The minimum absolute atomic E-state index is 0.418. The van der Waals surface area contributed by atoms with Crippen LogP contribution in [0.25, 0.3) is 5.65 Å². The van der Waals surface area contributed by atoms with E-state index in [4.69, 9.17) is 4.99 Å². The minimum Gasteiger partial charge on any atom is -0.357 e. The average Bonchev–Trinajstić information content (AvgIpc) is 3.09. The number of aromatic nitrogens is 2. The first-order valence-electron chi connectivity index (χ1n) is 9.41. The van der Waals surface area contributed by atoms with Crippen molar-refractivity contribution in [2.45, 2.75) is 30.4 Å². The molecule has 0 radical (unpaired) electrons. The molecule has 0 aliphatic rings. The summed E-state index contributed by atoms with van der Waals surface area (Å²) in [4.78, 5) is 10.6. The molecule has 0 saturated carbocycles. The summed E-state index contributed by atoms with van der Waals surface area (Å²) < 4.78 is 2.05. The Bertz CT molecular complexity index is 826. The van der Waals surface area contributed by atoms with Crippen LogP contribution in [0.3, 0.4) is 0 Å². The molecule has 3 rings (SSSR count). The van der Waals surface area contributed by atoms with Gasteiger partial charge < -0.3 is 15.0 Å². The molecule has 1 atom stereocenters. The number of nitrogens with one attached hydrogen (secondary N) is 2. The van der Waals surface area contributed by atoms with Gasteiger partial charge in [0.2, 0.25) is 0 Å². The van der Waals surface area contributed by atoms with Crippen molar-refractivity contribution in [1.29, 1.82) is 0 Å². The van der Waals surface area contributed by atoms with E-state index in [1.807, 2.05) is 42.2 Å². The molecule has 142 valence electrons. The van der Waals surface area contributed by atoms with Crippen LogP contribution in [-0.2, 0) is 6.42 Å². The smallest absolute Gasteiger partial charge is 0.191 e. The van der Waals surface area contributed by atoms with Gasteiger partial charge in [-0.15, -0.1) is 11.8 Å². The number of thioether (sulfide) groups is 1. The Morgan fingerprint density at radius 1 is 1.15 bits per heavy atom. The third kappa shape index (κ3) is 6.03. The number of pyridine rings is 1. The summed E-state index contributed by atoms with van der Waals surface area (Å²) in [5.74, 6) is 0.863. The monoisotopic (exact) mass is 381 g/mol. The second kappa shape index (κ2) is 10.0. The number of hydrogen-bond donors (Lipinski definition) is 2. The lowest BCUT2D eigenvalue weighted by Gasteiger charge is -2.13. The summed E-state index contributed by atoms with van der Waals surface area (Å²) in [6, 6.07) is 16.5. The Balaban J connectivity index is 1.49. The quantitative estimate of drug-likeness (QED) is 0.356. The predicted octanol–water partition coefficient (Wildman–Crippen LogP) is 3.61. The molecule has 5 nitrogen and oxygen atoms in total. The molecule has 0 aliphatic heterocycles. The molecule has 3 aromatic rings. The van der Waals surface area contributed by atoms with Crippen LogP contribution >= 0.6 is 11.8 Å². The summed E-state index contributed by atoms with van der Waals surface area (Å²) in [6.07, 6.45) is 4.97. The molecular formula is C21H27N5S. The van der Waals surface area contributed by atoms with E-state index in [1.165, 1.54) is 4.90 Å². The Morgan fingerprint density at radius 2 is 1.96 bits per heavy atom. The minimum atomic E-state index is 0.418. The number of aliphatic imine (C=N–C) groups is 1. The molecule has 2 N–H and O–H groups in total. The average molecular weight is 382 g/mol. The number of imidazole rings is 1. The first-order chi connectivity index (χ1) is 13.2. The summed E-state index contributed by atoms with van der Waals surface area (Å²) in [6.45, 7) is 6.71. The zero-order valence-electron chi connectivity index (χ0n) is 15.9. The van der Waals surface area contributed by atoms with Crippen LogP contribution < -0.4 is 10.6 Å². The van der Waals surface area contributed by atoms with Crippen LogP contribution in [0.2, 0.25) is 0 Å². The van der Waals surface area contributed by atoms with Gasteiger partial charge in [-0.25, -0.2) is 4.98 Å². The maximum Gasteiger partial charge on any atom is 0.191 e. The van der Waals surface area contributed by atoms with Crippen LogP contribution in [-0.4, -0.2) is 40.2 Å². The van der Waals surface area contributed by atoms with Gasteiger partial charge in [0, 0.05) is 42.0 Å². The summed E-state index contributed by atoms with van der Waals surface area (Å²) in [5.41, 5.74) is 2.07. The fraction of sp³-hybridized carbons (Fsp3) is 0.333. The van der Waals surface area contributed by atoms with Gasteiger partial charge in [0.1, 0.15) is 5.65 Å². The van der Waals surface area contributed by atoms with Crippen LogP contribution in [0.15, 0.2) is 70.8 Å².